The first-order valence-corrected chi connectivity index (χ1v) is 8.71. The normalized spacial score (nSPS) is 11.6. The molecule has 0 saturated heterocycles. The first kappa shape index (κ1) is 19.8. The molecule has 2 aromatic rings. The van der Waals surface area contributed by atoms with Crippen molar-refractivity contribution in [3.63, 3.8) is 0 Å². The van der Waals surface area contributed by atoms with E-state index in [2.05, 4.69) is 5.32 Å². The molecule has 1 N–H and O–H groups in total. The number of aryl methyl sites for hydroxylation is 2. The molecule has 1 unspecified atom stereocenters. The molecule has 6 heteroatoms. The van der Waals surface area contributed by atoms with Gasteiger partial charge in [-0.05, 0) is 69.2 Å². The van der Waals surface area contributed by atoms with E-state index in [0.29, 0.717) is 11.4 Å². The van der Waals surface area contributed by atoms with Crippen molar-refractivity contribution < 1.29 is 19.1 Å². The van der Waals surface area contributed by atoms with Crippen LogP contribution in [-0.4, -0.2) is 24.6 Å². The number of rotatable bonds is 6. The van der Waals surface area contributed by atoms with Crippen molar-refractivity contribution >= 4 is 29.2 Å². The average molecular weight is 376 g/mol. The van der Waals surface area contributed by atoms with Gasteiger partial charge in [-0.2, -0.15) is 0 Å². The molecule has 0 aliphatic carbocycles. The predicted molar refractivity (Wildman–Crippen MR) is 102 cm³/mol. The van der Waals surface area contributed by atoms with Crippen LogP contribution in [-0.2, 0) is 9.53 Å². The van der Waals surface area contributed by atoms with Gasteiger partial charge in [-0.25, -0.2) is 4.79 Å². The smallest absolute Gasteiger partial charge is 0.339 e. The van der Waals surface area contributed by atoms with Crippen LogP contribution in [0.15, 0.2) is 36.4 Å². The van der Waals surface area contributed by atoms with Gasteiger partial charge in [0.05, 0.1) is 17.2 Å². The molecule has 0 aliphatic heterocycles. The number of amides is 1. The number of hydrogen-bond donors (Lipinski definition) is 1. The summed E-state index contributed by atoms with van der Waals surface area (Å²) in [5.41, 5.74) is 2.98. The number of carbonyl (C=O) groups is 2. The van der Waals surface area contributed by atoms with E-state index < -0.39 is 12.1 Å². The van der Waals surface area contributed by atoms with E-state index in [9.17, 15) is 9.59 Å². The summed E-state index contributed by atoms with van der Waals surface area (Å²) in [4.78, 5) is 24.1. The van der Waals surface area contributed by atoms with E-state index >= 15 is 0 Å². The van der Waals surface area contributed by atoms with Gasteiger partial charge >= 0.3 is 5.97 Å². The maximum atomic E-state index is 12.3. The Hall–Kier alpha value is -2.53. The highest BCUT2D eigenvalue weighted by atomic mass is 35.5. The molecule has 1 amide bonds. The van der Waals surface area contributed by atoms with Crippen molar-refractivity contribution in [2.45, 2.75) is 33.8 Å². The third-order valence-electron chi connectivity index (χ3n) is 3.89. The highest BCUT2D eigenvalue weighted by molar-refractivity contribution is 6.34. The minimum Gasteiger partial charge on any atom is -0.481 e. The number of anilines is 1. The molecule has 0 bridgehead atoms. The Morgan fingerprint density at radius 1 is 1.12 bits per heavy atom. The van der Waals surface area contributed by atoms with E-state index in [1.54, 1.807) is 19.9 Å². The molecule has 2 aromatic carbocycles. The molecule has 0 radical (unpaired) electrons. The molecule has 0 aromatic heterocycles. The van der Waals surface area contributed by atoms with Gasteiger partial charge in [0.2, 0.25) is 0 Å². The number of esters is 1. The minimum atomic E-state index is -0.694. The summed E-state index contributed by atoms with van der Waals surface area (Å²) in [7, 11) is 0. The lowest BCUT2D eigenvalue weighted by atomic mass is 10.1. The Morgan fingerprint density at radius 2 is 1.85 bits per heavy atom. The summed E-state index contributed by atoms with van der Waals surface area (Å²) in [6, 6.07) is 10.3. The van der Waals surface area contributed by atoms with E-state index in [-0.39, 0.29) is 23.1 Å². The Balaban J connectivity index is 2.03. The van der Waals surface area contributed by atoms with Crippen LogP contribution in [0, 0.1) is 13.8 Å². The number of hydrogen-bond acceptors (Lipinski definition) is 4. The van der Waals surface area contributed by atoms with Gasteiger partial charge in [-0.3, -0.25) is 4.79 Å². The second kappa shape index (κ2) is 8.72. The van der Waals surface area contributed by atoms with Crippen molar-refractivity contribution in [3.05, 3.63) is 58.1 Å². The summed E-state index contributed by atoms with van der Waals surface area (Å²) >= 11 is 6.10. The molecule has 0 saturated carbocycles. The molecule has 26 heavy (non-hydrogen) atoms. The number of benzene rings is 2. The summed E-state index contributed by atoms with van der Waals surface area (Å²) in [5, 5.41) is 2.94. The maximum absolute atomic E-state index is 12.3. The first-order valence-electron chi connectivity index (χ1n) is 8.33. The average Bonchev–Trinajstić information content (AvgIpc) is 2.58. The number of ether oxygens (including phenoxy) is 2. The van der Waals surface area contributed by atoms with Crippen LogP contribution in [0.3, 0.4) is 0 Å². The lowest BCUT2D eigenvalue weighted by Crippen LogP contribution is -2.30. The first-order chi connectivity index (χ1) is 12.3. The van der Waals surface area contributed by atoms with E-state index in [1.165, 1.54) is 12.1 Å². The Morgan fingerprint density at radius 3 is 2.46 bits per heavy atom. The van der Waals surface area contributed by atoms with Crippen molar-refractivity contribution in [1.82, 2.24) is 0 Å². The number of carbonyl (C=O) groups excluding carboxylic acids is 2. The van der Waals surface area contributed by atoms with Gasteiger partial charge in [0.15, 0.2) is 6.10 Å². The highest BCUT2D eigenvalue weighted by Gasteiger charge is 2.17. The Kier molecular flexibility index (Phi) is 6.64. The maximum Gasteiger partial charge on any atom is 0.339 e. The second-order valence-corrected chi connectivity index (χ2v) is 6.32. The fourth-order valence-electron chi connectivity index (χ4n) is 2.26. The zero-order chi connectivity index (χ0) is 19.3. The number of nitrogens with one attached hydrogen (secondary N) is 1. The third kappa shape index (κ3) is 4.99. The quantitative estimate of drug-likeness (QED) is 0.753. The summed E-state index contributed by atoms with van der Waals surface area (Å²) in [6.45, 7) is 7.65. The largest absolute Gasteiger partial charge is 0.481 e. The topological polar surface area (TPSA) is 64.6 Å². The molecule has 2 rings (SSSR count). The zero-order valence-electron chi connectivity index (χ0n) is 15.3. The summed E-state index contributed by atoms with van der Waals surface area (Å²) in [6.07, 6.45) is -0.694. The van der Waals surface area contributed by atoms with Crippen molar-refractivity contribution in [2.24, 2.45) is 0 Å². The molecule has 138 valence electrons. The van der Waals surface area contributed by atoms with Crippen LogP contribution in [0.2, 0.25) is 5.02 Å². The minimum absolute atomic E-state index is 0.212. The van der Waals surface area contributed by atoms with E-state index in [0.717, 1.165) is 11.1 Å². The van der Waals surface area contributed by atoms with Crippen molar-refractivity contribution in [2.75, 3.05) is 11.9 Å². The van der Waals surface area contributed by atoms with Crippen LogP contribution in [0.1, 0.15) is 35.3 Å². The van der Waals surface area contributed by atoms with Crippen LogP contribution < -0.4 is 10.1 Å². The fourth-order valence-corrected chi connectivity index (χ4v) is 2.51. The standard InChI is InChI=1S/C20H22ClNO4/c1-5-25-20(24)17-9-7-15(11-18(17)21)22-19(23)14(4)26-16-8-6-12(2)13(3)10-16/h6-11,14H,5H2,1-4H3,(H,22,23). The van der Waals surface area contributed by atoms with Gasteiger partial charge in [0, 0.05) is 5.69 Å². The van der Waals surface area contributed by atoms with Crippen LogP contribution in [0.4, 0.5) is 5.69 Å². The molecule has 0 fully saturated rings. The fraction of sp³-hybridized carbons (Fsp3) is 0.300. The van der Waals surface area contributed by atoms with Gasteiger partial charge in [-0.15, -0.1) is 0 Å². The SMILES string of the molecule is CCOC(=O)c1ccc(NC(=O)C(C)Oc2ccc(C)c(C)c2)cc1Cl. The van der Waals surface area contributed by atoms with Crippen molar-refractivity contribution in [3.8, 4) is 5.75 Å². The second-order valence-electron chi connectivity index (χ2n) is 5.91. The molecular weight excluding hydrogens is 354 g/mol. The Labute approximate surface area is 158 Å². The van der Waals surface area contributed by atoms with Gasteiger partial charge in [0.25, 0.3) is 5.91 Å². The van der Waals surface area contributed by atoms with Crippen LogP contribution >= 0.6 is 11.6 Å². The molecular formula is C20H22ClNO4. The van der Waals surface area contributed by atoms with Gasteiger partial charge in [-0.1, -0.05) is 17.7 Å². The van der Waals surface area contributed by atoms with Gasteiger partial charge in [0.1, 0.15) is 5.75 Å². The Bertz CT molecular complexity index is 819. The predicted octanol–water partition coefficient (Wildman–Crippen LogP) is 4.54. The molecule has 5 nitrogen and oxygen atoms in total. The van der Waals surface area contributed by atoms with E-state index in [4.69, 9.17) is 21.1 Å². The molecule has 0 spiro atoms. The highest BCUT2D eigenvalue weighted by Crippen LogP contribution is 2.23. The van der Waals surface area contributed by atoms with E-state index in [1.807, 2.05) is 32.0 Å². The lowest BCUT2D eigenvalue weighted by Gasteiger charge is -2.16. The third-order valence-corrected chi connectivity index (χ3v) is 4.21. The number of halogens is 1. The zero-order valence-corrected chi connectivity index (χ0v) is 16.0. The molecule has 0 heterocycles. The van der Waals surface area contributed by atoms with Gasteiger partial charge < -0.3 is 14.8 Å². The monoisotopic (exact) mass is 375 g/mol. The summed E-state index contributed by atoms with van der Waals surface area (Å²) in [5.74, 6) is -0.184. The van der Waals surface area contributed by atoms with Crippen molar-refractivity contribution in [1.29, 1.82) is 0 Å². The van der Waals surface area contributed by atoms with Crippen LogP contribution in [0.5, 0.6) is 5.75 Å². The molecule has 0 aliphatic rings. The summed E-state index contributed by atoms with van der Waals surface area (Å²) < 4.78 is 10.6. The lowest BCUT2D eigenvalue weighted by molar-refractivity contribution is -0.122. The molecule has 1 atom stereocenters. The van der Waals surface area contributed by atoms with Crippen LogP contribution in [0.25, 0.3) is 0 Å².